The van der Waals surface area contributed by atoms with Crippen LogP contribution in [-0.2, 0) is 22.7 Å². The highest BCUT2D eigenvalue weighted by molar-refractivity contribution is 5.96. The summed E-state index contributed by atoms with van der Waals surface area (Å²) in [5.74, 6) is 2.57. The van der Waals surface area contributed by atoms with Crippen molar-refractivity contribution >= 4 is 11.5 Å². The van der Waals surface area contributed by atoms with E-state index in [1.54, 1.807) is 5.57 Å². The van der Waals surface area contributed by atoms with Crippen molar-refractivity contribution in [2.24, 2.45) is 33.7 Å². The maximum atomic E-state index is 12.6. The number of Topliss-reactive ketones (excluding diaryl/α,β-unsaturated/α-hetero) is 1. The summed E-state index contributed by atoms with van der Waals surface area (Å²) in [6.45, 7) is 6.68. The van der Waals surface area contributed by atoms with Crippen LogP contribution in [0.3, 0.4) is 0 Å². The van der Waals surface area contributed by atoms with Crippen LogP contribution in [0.1, 0.15) is 70.9 Å². The van der Waals surface area contributed by atoms with E-state index >= 15 is 0 Å². The molecule has 1 heterocycles. The molecule has 0 amide bonds. The third kappa shape index (κ3) is 4.07. The summed E-state index contributed by atoms with van der Waals surface area (Å²) >= 11 is 0. The number of carbonyl (C=O) groups is 1. The zero-order chi connectivity index (χ0) is 23.2. The topological polar surface area (TPSA) is 72.6 Å². The van der Waals surface area contributed by atoms with E-state index in [4.69, 9.17) is 4.84 Å². The summed E-state index contributed by atoms with van der Waals surface area (Å²) in [7, 11) is 4.05. The lowest BCUT2D eigenvalue weighted by Gasteiger charge is -2.57. The van der Waals surface area contributed by atoms with E-state index in [0.29, 0.717) is 36.7 Å². The molecule has 4 aliphatic carbocycles. The highest BCUT2D eigenvalue weighted by Gasteiger charge is 2.58. The molecule has 7 heteroatoms. The van der Waals surface area contributed by atoms with E-state index < -0.39 is 0 Å². The Hall–Kier alpha value is -2.02. The molecule has 0 aromatic carbocycles. The number of rotatable bonds is 6. The average Bonchev–Trinajstić information content (AvgIpc) is 3.34. The molecular weight excluding hydrogens is 414 g/mol. The number of carbonyl (C=O) groups excluding carboxylic acids is 1. The molecule has 4 aliphatic rings. The van der Waals surface area contributed by atoms with E-state index in [2.05, 4.69) is 40.3 Å². The first-order valence-electron chi connectivity index (χ1n) is 12.8. The van der Waals surface area contributed by atoms with Gasteiger partial charge in [-0.05, 0) is 88.3 Å². The number of ketones is 1. The molecular formula is C26H39N5O2. The van der Waals surface area contributed by atoms with Gasteiger partial charge in [-0.3, -0.25) is 4.79 Å². The normalized spacial score (nSPS) is 37.0. The van der Waals surface area contributed by atoms with Gasteiger partial charge in [0, 0.05) is 24.6 Å². The van der Waals surface area contributed by atoms with Gasteiger partial charge in [0.05, 0.1) is 18.0 Å². The van der Waals surface area contributed by atoms with Crippen molar-refractivity contribution in [2.45, 2.75) is 78.3 Å². The molecule has 0 spiro atoms. The summed E-state index contributed by atoms with van der Waals surface area (Å²) in [4.78, 5) is 20.4. The van der Waals surface area contributed by atoms with Gasteiger partial charge in [-0.1, -0.05) is 29.8 Å². The fourth-order valence-electron chi connectivity index (χ4n) is 7.52. The van der Waals surface area contributed by atoms with Gasteiger partial charge >= 0.3 is 0 Å². The Morgan fingerprint density at radius 2 is 1.94 bits per heavy atom. The van der Waals surface area contributed by atoms with Gasteiger partial charge in [0.1, 0.15) is 12.4 Å². The van der Waals surface area contributed by atoms with Crippen LogP contribution in [0.4, 0.5) is 0 Å². The van der Waals surface area contributed by atoms with Gasteiger partial charge in [-0.25, -0.2) is 4.68 Å². The van der Waals surface area contributed by atoms with Crippen LogP contribution in [0.5, 0.6) is 0 Å². The minimum atomic E-state index is -0.0365. The lowest BCUT2D eigenvalue weighted by molar-refractivity contribution is -0.132. The molecule has 3 saturated carbocycles. The van der Waals surface area contributed by atoms with Gasteiger partial charge in [0.15, 0.2) is 0 Å². The number of hydrogen-bond acceptors (Lipinski definition) is 6. The van der Waals surface area contributed by atoms with Crippen LogP contribution in [-0.4, -0.2) is 52.1 Å². The first kappa shape index (κ1) is 22.8. The zero-order valence-electron chi connectivity index (χ0n) is 20.7. The zero-order valence-corrected chi connectivity index (χ0v) is 20.7. The van der Waals surface area contributed by atoms with Gasteiger partial charge in [0.2, 0.25) is 0 Å². The molecule has 0 radical (unpaired) electrons. The molecule has 3 unspecified atom stereocenters. The standard InChI is InChI=1S/C26H39N5O2/c1-25-11-9-19(28-33-14-13-31-17-20(27-29-31)16-30(3)4)15-18(25)5-6-21-22-7-8-24(32)26(22,2)12-10-23(21)25/h15,17,21-23H,5-14,16H2,1-4H3/b28-19+/t21?,22?,23?,25-,26-/m0/s1. The van der Waals surface area contributed by atoms with Gasteiger partial charge < -0.3 is 9.74 Å². The fraction of sp³-hybridized carbons (Fsp3) is 0.769. The highest BCUT2D eigenvalue weighted by atomic mass is 16.6. The molecule has 1 aromatic heterocycles. The number of oxime groups is 1. The maximum absolute atomic E-state index is 12.6. The molecule has 3 fully saturated rings. The first-order chi connectivity index (χ1) is 15.8. The third-order valence-electron chi connectivity index (χ3n) is 9.34. The van der Waals surface area contributed by atoms with E-state index in [-0.39, 0.29) is 10.8 Å². The van der Waals surface area contributed by atoms with Crippen molar-refractivity contribution in [2.75, 3.05) is 20.7 Å². The lowest BCUT2D eigenvalue weighted by atomic mass is 9.47. The second-order valence-electron chi connectivity index (χ2n) is 11.5. The van der Waals surface area contributed by atoms with Gasteiger partial charge in [-0.15, -0.1) is 5.10 Å². The van der Waals surface area contributed by atoms with Crippen LogP contribution >= 0.6 is 0 Å². The molecule has 0 saturated heterocycles. The number of allylic oxidation sites excluding steroid dienone is 2. The monoisotopic (exact) mass is 453 g/mol. The van der Waals surface area contributed by atoms with Crippen LogP contribution in [0.2, 0.25) is 0 Å². The summed E-state index contributed by atoms with van der Waals surface area (Å²) in [5, 5.41) is 12.8. The Labute approximate surface area is 197 Å². The molecule has 180 valence electrons. The summed E-state index contributed by atoms with van der Waals surface area (Å²) in [5.41, 5.74) is 3.83. The summed E-state index contributed by atoms with van der Waals surface area (Å²) in [6, 6.07) is 0. The van der Waals surface area contributed by atoms with Crippen molar-refractivity contribution in [3.8, 4) is 0 Å². The molecule has 5 rings (SSSR count). The number of aromatic nitrogens is 3. The fourth-order valence-corrected chi connectivity index (χ4v) is 7.52. The van der Waals surface area contributed by atoms with Crippen LogP contribution in [0.25, 0.3) is 0 Å². The SMILES string of the molecule is CN(C)Cc1cn(CCO/N=C2/C=C3CCC4C(CC[C@]5(C)C(=O)CCC45)[C@@]3(C)CC2)nn1. The Kier molecular flexibility index (Phi) is 5.96. The van der Waals surface area contributed by atoms with Crippen molar-refractivity contribution < 1.29 is 9.63 Å². The van der Waals surface area contributed by atoms with E-state index in [0.717, 1.165) is 56.5 Å². The number of nitrogens with zero attached hydrogens (tertiary/aromatic N) is 5. The van der Waals surface area contributed by atoms with Crippen molar-refractivity contribution in [1.82, 2.24) is 19.9 Å². The Balaban J connectivity index is 1.20. The Bertz CT molecular complexity index is 966. The first-order valence-corrected chi connectivity index (χ1v) is 12.8. The molecule has 1 aromatic rings. The molecule has 0 aliphatic heterocycles. The van der Waals surface area contributed by atoms with Crippen LogP contribution in [0.15, 0.2) is 23.0 Å². The second-order valence-corrected chi connectivity index (χ2v) is 11.5. The molecule has 5 atom stereocenters. The smallest absolute Gasteiger partial charge is 0.139 e. The molecule has 33 heavy (non-hydrogen) atoms. The minimum absolute atomic E-state index is 0.0365. The molecule has 0 bridgehead atoms. The van der Waals surface area contributed by atoms with Crippen molar-refractivity contribution in [3.05, 3.63) is 23.5 Å². The predicted molar refractivity (Wildman–Crippen MR) is 128 cm³/mol. The maximum Gasteiger partial charge on any atom is 0.139 e. The molecule has 0 N–H and O–H groups in total. The quantitative estimate of drug-likeness (QED) is 0.476. The average molecular weight is 454 g/mol. The summed E-state index contributed by atoms with van der Waals surface area (Å²) < 4.78 is 1.82. The number of hydrogen-bond donors (Lipinski definition) is 0. The van der Waals surface area contributed by atoms with Crippen molar-refractivity contribution in [3.63, 3.8) is 0 Å². The highest BCUT2D eigenvalue weighted by Crippen LogP contribution is 2.64. The number of fused-ring (bicyclic) bond motifs is 5. The van der Waals surface area contributed by atoms with Crippen LogP contribution < -0.4 is 0 Å². The summed E-state index contributed by atoms with van der Waals surface area (Å²) in [6.07, 6.45) is 13.0. The largest absolute Gasteiger partial charge is 0.394 e. The van der Waals surface area contributed by atoms with Gasteiger partial charge in [-0.2, -0.15) is 0 Å². The van der Waals surface area contributed by atoms with E-state index in [1.807, 2.05) is 25.0 Å². The minimum Gasteiger partial charge on any atom is -0.394 e. The van der Waals surface area contributed by atoms with E-state index in [1.165, 1.54) is 12.8 Å². The third-order valence-corrected chi connectivity index (χ3v) is 9.34. The van der Waals surface area contributed by atoms with Crippen molar-refractivity contribution in [1.29, 1.82) is 0 Å². The molecule has 7 nitrogen and oxygen atoms in total. The second kappa shape index (κ2) is 8.64. The Morgan fingerprint density at radius 1 is 1.12 bits per heavy atom. The van der Waals surface area contributed by atoms with Gasteiger partial charge in [0.25, 0.3) is 0 Å². The lowest BCUT2D eigenvalue weighted by Crippen LogP contribution is -2.50. The van der Waals surface area contributed by atoms with E-state index in [9.17, 15) is 4.79 Å². The van der Waals surface area contributed by atoms with Crippen LogP contribution in [0, 0.1) is 28.6 Å². The Morgan fingerprint density at radius 3 is 2.76 bits per heavy atom. The predicted octanol–water partition coefficient (Wildman–Crippen LogP) is 4.24.